The van der Waals surface area contributed by atoms with E-state index in [0.29, 0.717) is 18.8 Å². The fraction of sp³-hybridized carbons (Fsp3) is 0.348. The Hall–Kier alpha value is -3.39. The molecule has 0 aliphatic carbocycles. The molecule has 2 aromatic rings. The zero-order valence-corrected chi connectivity index (χ0v) is 17.6. The molecule has 0 radical (unpaired) electrons. The van der Waals surface area contributed by atoms with Crippen LogP contribution < -0.4 is 15.5 Å². The Bertz CT molecular complexity index is 953. The van der Waals surface area contributed by atoms with Crippen molar-refractivity contribution in [3.05, 3.63) is 60.2 Å². The Morgan fingerprint density at radius 3 is 2.32 bits per heavy atom. The highest BCUT2D eigenvalue weighted by Gasteiger charge is 2.37. The predicted octanol–water partition coefficient (Wildman–Crippen LogP) is 1.46. The molecule has 0 saturated carbocycles. The van der Waals surface area contributed by atoms with Crippen LogP contribution in [0, 0.1) is 0 Å². The third-order valence-corrected chi connectivity index (χ3v) is 5.73. The Morgan fingerprint density at radius 2 is 1.71 bits per heavy atom. The Kier molecular flexibility index (Phi) is 6.18. The predicted molar refractivity (Wildman–Crippen MR) is 119 cm³/mol. The van der Waals surface area contributed by atoms with Gasteiger partial charge in [0.1, 0.15) is 17.5 Å². The van der Waals surface area contributed by atoms with Gasteiger partial charge in [0.05, 0.1) is 12.8 Å². The molecule has 2 aromatic carbocycles. The molecule has 31 heavy (non-hydrogen) atoms. The van der Waals surface area contributed by atoms with Gasteiger partial charge in [-0.15, -0.1) is 0 Å². The van der Waals surface area contributed by atoms with Crippen molar-refractivity contribution in [2.24, 2.45) is 10.8 Å². The van der Waals surface area contributed by atoms with E-state index < -0.39 is 11.9 Å². The average molecular weight is 422 g/mol. The number of ether oxygens (including phenoxy) is 1. The monoisotopic (exact) mass is 421 g/mol. The van der Waals surface area contributed by atoms with E-state index in [9.17, 15) is 9.59 Å². The third kappa shape index (κ3) is 4.69. The number of rotatable bonds is 6. The van der Waals surface area contributed by atoms with Crippen LogP contribution in [0.2, 0.25) is 0 Å². The van der Waals surface area contributed by atoms with Crippen molar-refractivity contribution in [2.75, 3.05) is 38.3 Å². The van der Waals surface area contributed by atoms with Crippen molar-refractivity contribution < 1.29 is 14.3 Å². The summed E-state index contributed by atoms with van der Waals surface area (Å²) in [6, 6.07) is 16.7. The van der Waals surface area contributed by atoms with Gasteiger partial charge in [0.25, 0.3) is 5.91 Å². The molecule has 162 valence electrons. The van der Waals surface area contributed by atoms with Crippen LogP contribution in [-0.4, -0.2) is 66.7 Å². The van der Waals surface area contributed by atoms with Crippen molar-refractivity contribution >= 4 is 23.2 Å². The number of amides is 2. The summed E-state index contributed by atoms with van der Waals surface area (Å²) in [5.41, 5.74) is 7.93. The lowest BCUT2D eigenvalue weighted by Crippen LogP contribution is -2.50. The number of piperazine rings is 1. The highest BCUT2D eigenvalue weighted by atomic mass is 16.5. The SMILES string of the molecule is COc1ccc(CN2CCN(C(=O)C3=NN(c4ccccc4)C(C(N)=O)C3)CC2)cc1. The summed E-state index contributed by atoms with van der Waals surface area (Å²) in [4.78, 5) is 29.2. The second-order valence-corrected chi connectivity index (χ2v) is 7.77. The van der Waals surface area contributed by atoms with E-state index >= 15 is 0 Å². The maximum absolute atomic E-state index is 13.1. The Balaban J connectivity index is 1.37. The molecule has 1 atom stereocenters. The minimum atomic E-state index is -0.641. The van der Waals surface area contributed by atoms with Crippen molar-refractivity contribution in [2.45, 2.75) is 19.0 Å². The lowest BCUT2D eigenvalue weighted by atomic mass is 10.1. The van der Waals surface area contributed by atoms with Gasteiger partial charge >= 0.3 is 0 Å². The Morgan fingerprint density at radius 1 is 1.03 bits per heavy atom. The molecule has 1 saturated heterocycles. The summed E-state index contributed by atoms with van der Waals surface area (Å²) in [5, 5.41) is 6.04. The van der Waals surface area contributed by atoms with Crippen LogP contribution in [0.25, 0.3) is 0 Å². The minimum Gasteiger partial charge on any atom is -0.497 e. The maximum atomic E-state index is 13.1. The number of primary amides is 1. The van der Waals surface area contributed by atoms with Crippen LogP contribution >= 0.6 is 0 Å². The summed E-state index contributed by atoms with van der Waals surface area (Å²) in [7, 11) is 1.66. The van der Waals surface area contributed by atoms with Gasteiger partial charge in [0.2, 0.25) is 5.91 Å². The van der Waals surface area contributed by atoms with Crippen LogP contribution in [0.15, 0.2) is 59.7 Å². The Labute approximate surface area is 181 Å². The molecule has 0 spiro atoms. The molecule has 2 heterocycles. The first kappa shape index (κ1) is 20.9. The molecule has 0 aromatic heterocycles. The summed E-state index contributed by atoms with van der Waals surface area (Å²) in [5.74, 6) is 0.240. The largest absolute Gasteiger partial charge is 0.497 e. The van der Waals surface area contributed by atoms with Crippen LogP contribution in [0.3, 0.4) is 0 Å². The lowest BCUT2D eigenvalue weighted by Gasteiger charge is -2.34. The van der Waals surface area contributed by atoms with Crippen LogP contribution in [0.4, 0.5) is 5.69 Å². The molecule has 0 bridgehead atoms. The quantitative estimate of drug-likeness (QED) is 0.763. The van der Waals surface area contributed by atoms with E-state index in [2.05, 4.69) is 22.1 Å². The van der Waals surface area contributed by atoms with Crippen molar-refractivity contribution in [3.63, 3.8) is 0 Å². The lowest BCUT2D eigenvalue weighted by molar-refractivity contribution is -0.125. The first-order chi connectivity index (χ1) is 15.0. The third-order valence-electron chi connectivity index (χ3n) is 5.73. The molecular formula is C23H27N5O3. The van der Waals surface area contributed by atoms with Gasteiger partial charge in [0.15, 0.2) is 0 Å². The molecule has 2 N–H and O–H groups in total. The second kappa shape index (κ2) is 9.18. The van der Waals surface area contributed by atoms with E-state index in [1.807, 2.05) is 47.4 Å². The topological polar surface area (TPSA) is 91.5 Å². The van der Waals surface area contributed by atoms with E-state index in [1.54, 1.807) is 12.1 Å². The van der Waals surface area contributed by atoms with Gasteiger partial charge in [-0.2, -0.15) is 5.10 Å². The van der Waals surface area contributed by atoms with Crippen molar-refractivity contribution in [1.29, 1.82) is 0 Å². The summed E-state index contributed by atoms with van der Waals surface area (Å²) >= 11 is 0. The molecule has 8 heteroatoms. The fourth-order valence-corrected chi connectivity index (χ4v) is 3.96. The van der Waals surface area contributed by atoms with Crippen molar-refractivity contribution in [3.8, 4) is 5.75 Å². The van der Waals surface area contributed by atoms with Gasteiger partial charge in [-0.1, -0.05) is 30.3 Å². The molecule has 2 aliphatic rings. The molecule has 8 nitrogen and oxygen atoms in total. The number of anilines is 1. The maximum Gasteiger partial charge on any atom is 0.270 e. The van der Waals surface area contributed by atoms with E-state index in [0.717, 1.165) is 31.1 Å². The fourth-order valence-electron chi connectivity index (χ4n) is 3.96. The minimum absolute atomic E-state index is 0.117. The number of carbonyl (C=O) groups excluding carboxylic acids is 2. The number of nitrogens with two attached hydrogens (primary N) is 1. The number of methoxy groups -OCH3 is 1. The van der Waals surface area contributed by atoms with Crippen LogP contribution in [0.5, 0.6) is 5.75 Å². The van der Waals surface area contributed by atoms with E-state index in [4.69, 9.17) is 10.5 Å². The second-order valence-electron chi connectivity index (χ2n) is 7.77. The molecule has 4 rings (SSSR count). The summed E-state index contributed by atoms with van der Waals surface area (Å²) < 4.78 is 5.21. The molecule has 1 unspecified atom stereocenters. The number of hydrogen-bond donors (Lipinski definition) is 1. The number of benzene rings is 2. The standard InChI is InChI=1S/C23H27N5O3/c1-31-19-9-7-17(8-10-19)16-26-11-13-27(14-12-26)23(30)20-15-21(22(24)29)28(25-20)18-5-3-2-4-6-18/h2-10,21H,11-16H2,1H3,(H2,24,29). The highest BCUT2D eigenvalue weighted by Crippen LogP contribution is 2.25. The van der Waals surface area contributed by atoms with E-state index in [-0.39, 0.29) is 12.3 Å². The number of para-hydroxylation sites is 1. The smallest absolute Gasteiger partial charge is 0.270 e. The molecular weight excluding hydrogens is 394 g/mol. The first-order valence-corrected chi connectivity index (χ1v) is 10.4. The molecule has 2 amide bonds. The van der Waals surface area contributed by atoms with Gasteiger partial charge < -0.3 is 15.4 Å². The van der Waals surface area contributed by atoms with Gasteiger partial charge in [0, 0.05) is 39.1 Å². The van der Waals surface area contributed by atoms with Crippen molar-refractivity contribution in [1.82, 2.24) is 9.80 Å². The number of hydrazone groups is 1. The van der Waals surface area contributed by atoms with Crippen LogP contribution in [0.1, 0.15) is 12.0 Å². The first-order valence-electron chi connectivity index (χ1n) is 10.4. The van der Waals surface area contributed by atoms with Gasteiger partial charge in [-0.25, -0.2) is 0 Å². The van der Waals surface area contributed by atoms with Gasteiger partial charge in [-0.3, -0.25) is 19.5 Å². The summed E-state index contributed by atoms with van der Waals surface area (Å²) in [6.45, 7) is 3.65. The summed E-state index contributed by atoms with van der Waals surface area (Å²) in [6.07, 6.45) is 0.231. The van der Waals surface area contributed by atoms with Gasteiger partial charge in [-0.05, 0) is 29.8 Å². The number of nitrogens with zero attached hydrogens (tertiary/aromatic N) is 4. The zero-order chi connectivity index (χ0) is 21.8. The van der Waals surface area contributed by atoms with Crippen LogP contribution in [-0.2, 0) is 16.1 Å². The molecule has 1 fully saturated rings. The average Bonchev–Trinajstić information content (AvgIpc) is 3.26. The normalized spacial score (nSPS) is 19.3. The number of hydrogen-bond acceptors (Lipinski definition) is 6. The highest BCUT2D eigenvalue weighted by molar-refractivity contribution is 6.40. The zero-order valence-electron chi connectivity index (χ0n) is 17.6. The van der Waals surface area contributed by atoms with E-state index in [1.165, 1.54) is 5.56 Å². The number of carbonyl (C=O) groups is 2. The molecule has 2 aliphatic heterocycles.